The number of benzene rings is 1. The molecule has 0 heterocycles. The number of hydrogen-bond donors (Lipinski definition) is 0. The summed E-state index contributed by atoms with van der Waals surface area (Å²) in [5, 5.41) is 0. The quantitative estimate of drug-likeness (QED) is 0.620. The molecule has 0 aromatic heterocycles. The zero-order chi connectivity index (χ0) is 8.55. The molecule has 0 saturated carbocycles. The van der Waals surface area contributed by atoms with E-state index in [0.717, 1.165) is 12.0 Å². The molecule has 0 radical (unpaired) electrons. The first-order valence-electron chi connectivity index (χ1n) is 4.03. The summed E-state index contributed by atoms with van der Waals surface area (Å²) >= 11 is 3.40. The zero-order valence-electron chi connectivity index (χ0n) is 6.59. The van der Waals surface area contributed by atoms with Crippen LogP contribution in [-0.4, -0.2) is 5.78 Å². The standard InChI is InChI=1S/C10H9BrO/c11-10-8-4-2-1-3-7(8)5-6-9(10)12/h1-4,10H,5-6H2. The van der Waals surface area contributed by atoms with Crippen molar-refractivity contribution in [3.63, 3.8) is 0 Å². The van der Waals surface area contributed by atoms with Crippen molar-refractivity contribution in [3.8, 4) is 0 Å². The Morgan fingerprint density at radius 1 is 1.25 bits per heavy atom. The summed E-state index contributed by atoms with van der Waals surface area (Å²) in [6.07, 6.45) is 1.57. The second kappa shape index (κ2) is 3.02. The molecular formula is C10H9BrO. The molecule has 0 N–H and O–H groups in total. The van der Waals surface area contributed by atoms with Gasteiger partial charge in [0.25, 0.3) is 0 Å². The summed E-state index contributed by atoms with van der Waals surface area (Å²) in [7, 11) is 0. The minimum absolute atomic E-state index is 0.0672. The highest BCUT2D eigenvalue weighted by atomic mass is 79.9. The van der Waals surface area contributed by atoms with Gasteiger partial charge >= 0.3 is 0 Å². The molecule has 1 atom stereocenters. The van der Waals surface area contributed by atoms with Gasteiger partial charge in [-0.3, -0.25) is 4.79 Å². The van der Waals surface area contributed by atoms with Crippen molar-refractivity contribution in [1.82, 2.24) is 0 Å². The summed E-state index contributed by atoms with van der Waals surface area (Å²) in [6, 6.07) is 8.11. The van der Waals surface area contributed by atoms with Gasteiger partial charge in [0, 0.05) is 6.42 Å². The van der Waals surface area contributed by atoms with Crippen molar-refractivity contribution < 1.29 is 4.79 Å². The third kappa shape index (κ3) is 1.20. The monoisotopic (exact) mass is 224 g/mol. The Balaban J connectivity index is 2.48. The number of aryl methyl sites for hydroxylation is 1. The van der Waals surface area contributed by atoms with Gasteiger partial charge in [0.2, 0.25) is 0 Å². The highest BCUT2D eigenvalue weighted by molar-refractivity contribution is 9.09. The van der Waals surface area contributed by atoms with E-state index in [1.54, 1.807) is 0 Å². The molecule has 0 spiro atoms. The molecule has 1 unspecified atom stereocenters. The SMILES string of the molecule is O=C1CCc2ccccc2C1Br. The van der Waals surface area contributed by atoms with E-state index in [1.807, 2.05) is 18.2 Å². The molecule has 2 rings (SSSR count). The maximum Gasteiger partial charge on any atom is 0.151 e. The van der Waals surface area contributed by atoms with E-state index in [-0.39, 0.29) is 4.83 Å². The average Bonchev–Trinajstić information content (AvgIpc) is 2.12. The Kier molecular flexibility index (Phi) is 2.01. The minimum atomic E-state index is -0.0672. The Bertz CT molecular complexity index is 319. The van der Waals surface area contributed by atoms with Gasteiger partial charge in [-0.1, -0.05) is 40.2 Å². The number of Topliss-reactive ketones (excluding diaryl/α,β-unsaturated/α-hetero) is 1. The number of fused-ring (bicyclic) bond motifs is 1. The second-order valence-corrected chi connectivity index (χ2v) is 3.94. The maximum absolute atomic E-state index is 11.3. The molecule has 1 aliphatic carbocycles. The molecular weight excluding hydrogens is 216 g/mol. The molecule has 0 aliphatic heterocycles. The molecule has 0 fully saturated rings. The smallest absolute Gasteiger partial charge is 0.151 e. The van der Waals surface area contributed by atoms with Crippen LogP contribution < -0.4 is 0 Å². The van der Waals surface area contributed by atoms with Crippen molar-refractivity contribution in [2.24, 2.45) is 0 Å². The van der Waals surface area contributed by atoms with Crippen molar-refractivity contribution in [2.75, 3.05) is 0 Å². The van der Waals surface area contributed by atoms with Gasteiger partial charge in [-0.2, -0.15) is 0 Å². The topological polar surface area (TPSA) is 17.1 Å². The van der Waals surface area contributed by atoms with Gasteiger partial charge in [-0.05, 0) is 17.5 Å². The highest BCUT2D eigenvalue weighted by Gasteiger charge is 2.23. The summed E-state index contributed by atoms with van der Waals surface area (Å²) < 4.78 is 0. The lowest BCUT2D eigenvalue weighted by molar-refractivity contribution is -0.118. The summed E-state index contributed by atoms with van der Waals surface area (Å²) in [4.78, 5) is 11.2. The van der Waals surface area contributed by atoms with Crippen LogP contribution in [0.4, 0.5) is 0 Å². The second-order valence-electron chi connectivity index (χ2n) is 3.03. The van der Waals surface area contributed by atoms with Crippen LogP contribution in [0.3, 0.4) is 0 Å². The molecule has 2 heteroatoms. The zero-order valence-corrected chi connectivity index (χ0v) is 8.17. The lowest BCUT2D eigenvalue weighted by atomic mass is 9.91. The average molecular weight is 225 g/mol. The third-order valence-electron chi connectivity index (χ3n) is 2.25. The van der Waals surface area contributed by atoms with Gasteiger partial charge in [-0.15, -0.1) is 0 Å². The van der Waals surface area contributed by atoms with E-state index in [1.165, 1.54) is 5.56 Å². The predicted octanol–water partition coefficient (Wildman–Crippen LogP) is 2.64. The van der Waals surface area contributed by atoms with Crippen molar-refractivity contribution in [2.45, 2.75) is 17.7 Å². The van der Waals surface area contributed by atoms with E-state index in [2.05, 4.69) is 22.0 Å². The molecule has 0 saturated heterocycles. The highest BCUT2D eigenvalue weighted by Crippen LogP contribution is 2.32. The fourth-order valence-corrected chi connectivity index (χ4v) is 2.24. The van der Waals surface area contributed by atoms with Crippen LogP contribution in [-0.2, 0) is 11.2 Å². The number of ketones is 1. The van der Waals surface area contributed by atoms with E-state index in [0.29, 0.717) is 12.2 Å². The number of hydrogen-bond acceptors (Lipinski definition) is 1. The first kappa shape index (κ1) is 7.99. The van der Waals surface area contributed by atoms with Crippen LogP contribution in [0.1, 0.15) is 22.4 Å². The van der Waals surface area contributed by atoms with Crippen molar-refractivity contribution >= 4 is 21.7 Å². The Morgan fingerprint density at radius 2 is 2.00 bits per heavy atom. The van der Waals surface area contributed by atoms with E-state index in [9.17, 15) is 4.79 Å². The van der Waals surface area contributed by atoms with Gasteiger partial charge in [0.05, 0.1) is 4.83 Å². The molecule has 1 aromatic rings. The predicted molar refractivity (Wildman–Crippen MR) is 51.4 cm³/mol. The number of carbonyl (C=O) groups is 1. The molecule has 1 aromatic carbocycles. The minimum Gasteiger partial charge on any atom is -0.298 e. The Hall–Kier alpha value is -0.630. The first-order chi connectivity index (χ1) is 5.79. The summed E-state index contributed by atoms with van der Waals surface area (Å²) in [5.74, 6) is 0.300. The number of halogens is 1. The molecule has 1 aliphatic rings. The van der Waals surface area contributed by atoms with E-state index >= 15 is 0 Å². The van der Waals surface area contributed by atoms with Crippen LogP contribution in [0.5, 0.6) is 0 Å². The Morgan fingerprint density at radius 3 is 2.83 bits per heavy atom. The van der Waals surface area contributed by atoms with Gasteiger partial charge in [-0.25, -0.2) is 0 Å². The van der Waals surface area contributed by atoms with Crippen LogP contribution in [0, 0.1) is 0 Å². The molecule has 1 nitrogen and oxygen atoms in total. The molecule has 62 valence electrons. The fraction of sp³-hybridized carbons (Fsp3) is 0.300. The fourth-order valence-electron chi connectivity index (χ4n) is 1.57. The number of carbonyl (C=O) groups excluding carboxylic acids is 1. The summed E-state index contributed by atoms with van der Waals surface area (Å²) in [6.45, 7) is 0. The maximum atomic E-state index is 11.3. The van der Waals surface area contributed by atoms with E-state index in [4.69, 9.17) is 0 Å². The van der Waals surface area contributed by atoms with Crippen LogP contribution >= 0.6 is 15.9 Å². The van der Waals surface area contributed by atoms with Crippen molar-refractivity contribution in [3.05, 3.63) is 35.4 Å². The van der Waals surface area contributed by atoms with Gasteiger partial charge in [0.1, 0.15) is 0 Å². The number of alkyl halides is 1. The van der Waals surface area contributed by atoms with Crippen LogP contribution in [0.15, 0.2) is 24.3 Å². The lowest BCUT2D eigenvalue weighted by Crippen LogP contribution is -2.15. The molecule has 0 bridgehead atoms. The van der Waals surface area contributed by atoms with Crippen LogP contribution in [0.25, 0.3) is 0 Å². The summed E-state index contributed by atoms with van der Waals surface area (Å²) in [5.41, 5.74) is 2.45. The Labute approximate surface area is 79.9 Å². The lowest BCUT2D eigenvalue weighted by Gasteiger charge is -2.19. The van der Waals surface area contributed by atoms with Crippen LogP contribution in [0.2, 0.25) is 0 Å². The van der Waals surface area contributed by atoms with Crippen molar-refractivity contribution in [1.29, 1.82) is 0 Å². The van der Waals surface area contributed by atoms with Gasteiger partial charge in [0.15, 0.2) is 5.78 Å². The van der Waals surface area contributed by atoms with Gasteiger partial charge < -0.3 is 0 Å². The third-order valence-corrected chi connectivity index (χ3v) is 3.26. The van der Waals surface area contributed by atoms with E-state index < -0.39 is 0 Å². The first-order valence-corrected chi connectivity index (χ1v) is 4.95. The molecule has 12 heavy (non-hydrogen) atoms. The largest absolute Gasteiger partial charge is 0.298 e. The normalized spacial score (nSPS) is 22.1. The molecule has 0 amide bonds. The number of rotatable bonds is 0.